The van der Waals surface area contributed by atoms with Gasteiger partial charge in [0.2, 0.25) is 0 Å². The average molecular weight is 493 g/mol. The third-order valence-corrected chi connectivity index (χ3v) is 5.00. The third kappa shape index (κ3) is 7.50. The smallest absolute Gasteiger partial charge is 0.191 e. The molecule has 0 atom stereocenters. The minimum atomic E-state index is 0. The summed E-state index contributed by atoms with van der Waals surface area (Å²) in [5.41, 5.74) is 2.35. The van der Waals surface area contributed by atoms with Crippen LogP contribution in [0.5, 0.6) is 0 Å². The van der Waals surface area contributed by atoms with Gasteiger partial charge in [-0.05, 0) is 24.1 Å². The van der Waals surface area contributed by atoms with Crippen molar-refractivity contribution in [1.29, 1.82) is 0 Å². The van der Waals surface area contributed by atoms with Gasteiger partial charge in [0.05, 0.1) is 17.2 Å². The quantitative estimate of drug-likeness (QED) is 0.364. The molecule has 7 heteroatoms. The summed E-state index contributed by atoms with van der Waals surface area (Å²) in [6.45, 7) is 8.01. The molecule has 4 nitrogen and oxygen atoms in total. The Morgan fingerprint density at radius 1 is 1.28 bits per heavy atom. The second-order valence-corrected chi connectivity index (χ2v) is 7.92. The molecule has 0 bridgehead atoms. The molecule has 0 saturated carbocycles. The van der Waals surface area contributed by atoms with Crippen LogP contribution in [0.3, 0.4) is 0 Å². The Morgan fingerprint density at radius 2 is 2.04 bits per heavy atom. The molecule has 0 unspecified atom stereocenters. The van der Waals surface area contributed by atoms with E-state index in [-0.39, 0.29) is 29.4 Å². The molecule has 0 radical (unpaired) electrons. The van der Waals surface area contributed by atoms with Crippen molar-refractivity contribution < 1.29 is 0 Å². The number of halogens is 2. The molecule has 0 aliphatic heterocycles. The third-order valence-electron chi connectivity index (χ3n) is 3.45. The molecule has 0 saturated heterocycles. The number of rotatable bonds is 5. The van der Waals surface area contributed by atoms with Crippen LogP contribution < -0.4 is 10.6 Å². The molecule has 2 N–H and O–H groups in total. The molecule has 2 rings (SSSR count). The predicted molar refractivity (Wildman–Crippen MR) is 120 cm³/mol. The monoisotopic (exact) mass is 492 g/mol. The van der Waals surface area contributed by atoms with Crippen LogP contribution >= 0.6 is 46.9 Å². The molecule has 0 amide bonds. The average Bonchev–Trinajstić information content (AvgIpc) is 3.00. The van der Waals surface area contributed by atoms with Crippen molar-refractivity contribution in [2.24, 2.45) is 4.99 Å². The molecule has 1 aromatic carbocycles. The predicted octanol–water partition coefficient (Wildman–Crippen LogP) is 4.62. The van der Waals surface area contributed by atoms with Crippen LogP contribution in [-0.2, 0) is 18.4 Å². The Hall–Kier alpha value is -0.860. The van der Waals surface area contributed by atoms with E-state index < -0.39 is 0 Å². The molecule has 25 heavy (non-hydrogen) atoms. The number of aliphatic imine (C=N–C) groups is 1. The highest BCUT2D eigenvalue weighted by Crippen LogP contribution is 2.25. The molecule has 0 spiro atoms. The fourth-order valence-corrected chi connectivity index (χ4v) is 3.27. The summed E-state index contributed by atoms with van der Waals surface area (Å²) in [5, 5.41) is 10.7. The van der Waals surface area contributed by atoms with Crippen LogP contribution in [0.15, 0.2) is 34.6 Å². The fraction of sp³-hybridized carbons (Fsp3) is 0.444. The van der Waals surface area contributed by atoms with Gasteiger partial charge in [-0.25, -0.2) is 4.98 Å². The van der Waals surface area contributed by atoms with Gasteiger partial charge in [0.15, 0.2) is 5.96 Å². The highest BCUT2D eigenvalue weighted by Gasteiger charge is 2.17. The first-order chi connectivity index (χ1) is 11.4. The zero-order valence-electron chi connectivity index (χ0n) is 15.1. The Morgan fingerprint density at radius 3 is 2.64 bits per heavy atom. The topological polar surface area (TPSA) is 49.3 Å². The number of aromatic nitrogens is 1. The highest BCUT2D eigenvalue weighted by molar-refractivity contribution is 14.0. The first kappa shape index (κ1) is 22.2. The Balaban J connectivity index is 0.00000312. The van der Waals surface area contributed by atoms with Crippen LogP contribution in [0.1, 0.15) is 37.0 Å². The minimum absolute atomic E-state index is 0. The van der Waals surface area contributed by atoms with E-state index in [9.17, 15) is 0 Å². The van der Waals surface area contributed by atoms with Gasteiger partial charge in [-0.3, -0.25) is 4.99 Å². The van der Waals surface area contributed by atoms with Crippen LogP contribution in [0, 0.1) is 0 Å². The number of nitrogens with zero attached hydrogens (tertiary/aromatic N) is 2. The van der Waals surface area contributed by atoms with Crippen molar-refractivity contribution in [1.82, 2.24) is 15.6 Å². The van der Waals surface area contributed by atoms with Crippen molar-refractivity contribution >= 4 is 52.9 Å². The highest BCUT2D eigenvalue weighted by atomic mass is 127. The summed E-state index contributed by atoms with van der Waals surface area (Å²) in [6.07, 6.45) is 0.895. The molecule has 2 aromatic rings. The van der Waals surface area contributed by atoms with Gasteiger partial charge in [0.25, 0.3) is 0 Å². The minimum Gasteiger partial charge on any atom is -0.356 e. The van der Waals surface area contributed by atoms with Gasteiger partial charge in [0, 0.05) is 29.4 Å². The maximum absolute atomic E-state index is 6.00. The lowest BCUT2D eigenvalue weighted by molar-refractivity contribution is 0.582. The Bertz CT molecular complexity index is 694. The first-order valence-corrected chi connectivity index (χ1v) is 9.28. The van der Waals surface area contributed by atoms with Gasteiger partial charge < -0.3 is 10.6 Å². The summed E-state index contributed by atoms with van der Waals surface area (Å²) in [4.78, 5) is 8.94. The number of guanidine groups is 1. The lowest BCUT2D eigenvalue weighted by atomic mass is 9.98. The summed E-state index contributed by atoms with van der Waals surface area (Å²) < 4.78 is 0. The van der Waals surface area contributed by atoms with E-state index in [0.717, 1.165) is 34.6 Å². The van der Waals surface area contributed by atoms with E-state index >= 15 is 0 Å². The largest absolute Gasteiger partial charge is 0.356 e. The first-order valence-electron chi connectivity index (χ1n) is 8.02. The summed E-state index contributed by atoms with van der Waals surface area (Å²) in [7, 11) is 1.77. The fourth-order valence-electron chi connectivity index (χ4n) is 2.15. The van der Waals surface area contributed by atoms with Gasteiger partial charge in [-0.15, -0.1) is 35.3 Å². The van der Waals surface area contributed by atoms with Gasteiger partial charge >= 0.3 is 0 Å². The molecule has 1 heterocycles. The van der Waals surface area contributed by atoms with E-state index in [1.165, 1.54) is 5.56 Å². The molecule has 138 valence electrons. The maximum atomic E-state index is 6.00. The van der Waals surface area contributed by atoms with E-state index in [2.05, 4.69) is 52.8 Å². The zero-order valence-corrected chi connectivity index (χ0v) is 19.0. The lowest BCUT2D eigenvalue weighted by Crippen LogP contribution is -2.37. The van der Waals surface area contributed by atoms with E-state index in [1.807, 2.05) is 18.2 Å². The zero-order chi connectivity index (χ0) is 17.6. The number of hydrogen-bond donors (Lipinski definition) is 2. The molecule has 0 fully saturated rings. The van der Waals surface area contributed by atoms with Crippen molar-refractivity contribution in [3.63, 3.8) is 0 Å². The van der Waals surface area contributed by atoms with Crippen LogP contribution in [-0.4, -0.2) is 24.5 Å². The van der Waals surface area contributed by atoms with Crippen LogP contribution in [0.2, 0.25) is 5.02 Å². The Labute approximate surface area is 176 Å². The molecular weight excluding hydrogens is 467 g/mol. The van der Waals surface area contributed by atoms with Crippen molar-refractivity contribution in [2.45, 2.75) is 39.2 Å². The van der Waals surface area contributed by atoms with E-state index in [4.69, 9.17) is 11.6 Å². The van der Waals surface area contributed by atoms with Crippen molar-refractivity contribution in [3.8, 4) is 0 Å². The molecule has 0 aliphatic rings. The van der Waals surface area contributed by atoms with Crippen LogP contribution in [0.4, 0.5) is 0 Å². The van der Waals surface area contributed by atoms with E-state index in [1.54, 1.807) is 18.4 Å². The van der Waals surface area contributed by atoms with Gasteiger partial charge in [-0.1, -0.05) is 44.5 Å². The number of thiazole rings is 1. The Kier molecular flexibility index (Phi) is 9.16. The number of hydrogen-bond acceptors (Lipinski definition) is 3. The van der Waals surface area contributed by atoms with E-state index in [0.29, 0.717) is 6.54 Å². The standard InChI is InChI=1S/C18H25ClN4S.HI/c1-18(2,3)16-23-15(12-24-16)11-22-17(20-4)21-9-8-13-6-5-7-14(19)10-13;/h5-7,10,12H,8-9,11H2,1-4H3,(H2,20,21,22);1H. The summed E-state index contributed by atoms with van der Waals surface area (Å²) in [6, 6.07) is 7.92. The van der Waals surface area contributed by atoms with Crippen LogP contribution in [0.25, 0.3) is 0 Å². The number of benzene rings is 1. The van der Waals surface area contributed by atoms with Gasteiger partial charge in [-0.2, -0.15) is 0 Å². The lowest BCUT2D eigenvalue weighted by Gasteiger charge is -2.14. The van der Waals surface area contributed by atoms with Gasteiger partial charge in [0.1, 0.15) is 0 Å². The van der Waals surface area contributed by atoms with Crippen molar-refractivity contribution in [3.05, 3.63) is 50.9 Å². The normalized spacial score (nSPS) is 11.8. The molecule has 0 aliphatic carbocycles. The second kappa shape index (κ2) is 10.3. The molecular formula is C18H26ClIN4S. The second-order valence-electron chi connectivity index (χ2n) is 6.63. The maximum Gasteiger partial charge on any atom is 0.191 e. The SMILES string of the molecule is CN=C(NCCc1cccc(Cl)c1)NCc1csc(C(C)(C)C)n1.I. The summed E-state index contributed by atoms with van der Waals surface area (Å²) in [5.74, 6) is 0.780. The molecule has 1 aromatic heterocycles. The number of nitrogens with one attached hydrogen (secondary N) is 2. The summed E-state index contributed by atoms with van der Waals surface area (Å²) >= 11 is 7.71. The van der Waals surface area contributed by atoms with Crippen molar-refractivity contribution in [2.75, 3.05) is 13.6 Å².